The summed E-state index contributed by atoms with van der Waals surface area (Å²) >= 11 is 5.66. The number of methoxy groups -OCH3 is 1. The molecule has 0 aliphatic rings. The van der Waals surface area contributed by atoms with E-state index in [4.69, 9.17) is 22.1 Å². The number of aromatic hydroxyl groups is 1. The van der Waals surface area contributed by atoms with Gasteiger partial charge in [-0.2, -0.15) is 0 Å². The lowest BCUT2D eigenvalue weighted by molar-refractivity contribution is 0.374. The van der Waals surface area contributed by atoms with Crippen molar-refractivity contribution in [3.63, 3.8) is 0 Å². The monoisotopic (exact) mass is 255 g/mol. The van der Waals surface area contributed by atoms with Gasteiger partial charge in [0.1, 0.15) is 18.2 Å². The quantitative estimate of drug-likeness (QED) is 0.873. The van der Waals surface area contributed by atoms with Gasteiger partial charge in [0.25, 0.3) is 0 Å². The number of rotatable bonds is 3. The van der Waals surface area contributed by atoms with Crippen LogP contribution in [0, 0.1) is 0 Å². The van der Waals surface area contributed by atoms with Crippen LogP contribution in [0.1, 0.15) is 11.6 Å². The van der Waals surface area contributed by atoms with Gasteiger partial charge in [-0.1, -0.05) is 11.6 Å². The Morgan fingerprint density at radius 3 is 2.67 bits per heavy atom. The summed E-state index contributed by atoms with van der Waals surface area (Å²) in [5.74, 6) is 0.105. The zero-order chi connectivity index (χ0) is 10.7. The van der Waals surface area contributed by atoms with E-state index in [1.165, 1.54) is 19.2 Å². The first-order valence-electron chi connectivity index (χ1n) is 3.98. The molecule has 0 saturated carbocycles. The molecule has 0 heterocycles. The Morgan fingerprint density at radius 2 is 2.20 bits per heavy atom. The predicted octanol–water partition coefficient (Wildman–Crippen LogP) is 2.45. The van der Waals surface area contributed by atoms with E-state index in [0.717, 1.165) is 0 Å². The lowest BCUT2D eigenvalue weighted by Gasteiger charge is -2.15. The van der Waals surface area contributed by atoms with Gasteiger partial charge in [-0.05, 0) is 12.1 Å². The molecule has 1 aromatic rings. The summed E-state index contributed by atoms with van der Waals surface area (Å²) in [5, 5.41) is 9.68. The van der Waals surface area contributed by atoms with Crippen LogP contribution in [0.25, 0.3) is 0 Å². The number of hydrogen-bond acceptors (Lipinski definition) is 3. The van der Waals surface area contributed by atoms with Crippen LogP contribution >= 0.6 is 24.0 Å². The molecule has 0 aromatic heterocycles. The van der Waals surface area contributed by atoms with Gasteiger partial charge in [0.2, 0.25) is 0 Å². The summed E-state index contributed by atoms with van der Waals surface area (Å²) < 4.78 is 17.3. The third-order valence-corrected chi connectivity index (χ3v) is 2.19. The maximum Gasteiger partial charge on any atom is 0.142 e. The highest BCUT2D eigenvalue weighted by Gasteiger charge is 2.18. The normalized spacial score (nSPS) is 11.7. The Hall–Kier alpha value is -0.710. The van der Waals surface area contributed by atoms with Crippen molar-refractivity contribution in [2.75, 3.05) is 13.8 Å². The summed E-state index contributed by atoms with van der Waals surface area (Å²) in [4.78, 5) is 0. The molecule has 86 valence electrons. The number of halogens is 3. The van der Waals surface area contributed by atoms with Crippen molar-refractivity contribution in [1.29, 1.82) is 0 Å². The number of nitrogens with two attached hydrogens (primary N) is 1. The fourth-order valence-corrected chi connectivity index (χ4v) is 1.34. The van der Waals surface area contributed by atoms with E-state index in [1.807, 2.05) is 0 Å². The minimum atomic E-state index is -0.927. The molecule has 0 unspecified atom stereocenters. The molecule has 1 atom stereocenters. The number of phenolic OH excluding ortho intramolecular Hbond substituents is 1. The highest BCUT2D eigenvalue weighted by atomic mass is 35.5. The average molecular weight is 256 g/mol. The highest BCUT2D eigenvalue weighted by Crippen LogP contribution is 2.37. The van der Waals surface area contributed by atoms with Gasteiger partial charge in [-0.25, -0.2) is 4.39 Å². The van der Waals surface area contributed by atoms with Gasteiger partial charge in [0.05, 0.1) is 23.7 Å². The maximum absolute atomic E-state index is 12.4. The smallest absolute Gasteiger partial charge is 0.142 e. The van der Waals surface area contributed by atoms with Crippen LogP contribution in [-0.4, -0.2) is 18.9 Å². The molecule has 0 amide bonds. The van der Waals surface area contributed by atoms with E-state index in [9.17, 15) is 9.50 Å². The highest BCUT2D eigenvalue weighted by molar-refractivity contribution is 6.32. The van der Waals surface area contributed by atoms with Gasteiger partial charge >= 0.3 is 0 Å². The second-order valence-corrected chi connectivity index (χ2v) is 3.18. The molecule has 15 heavy (non-hydrogen) atoms. The molecule has 6 heteroatoms. The molecule has 0 aliphatic heterocycles. The topological polar surface area (TPSA) is 55.5 Å². The third kappa shape index (κ3) is 2.87. The van der Waals surface area contributed by atoms with E-state index in [2.05, 4.69) is 0 Å². The largest absolute Gasteiger partial charge is 0.506 e. The SMILES string of the molecule is COc1ccc(Cl)c(O)c1[C@@H](N)CF.Cl. The minimum Gasteiger partial charge on any atom is -0.506 e. The summed E-state index contributed by atoms with van der Waals surface area (Å²) in [6.45, 7) is -0.787. The third-order valence-electron chi connectivity index (χ3n) is 1.88. The Labute approximate surface area is 98.4 Å². The van der Waals surface area contributed by atoms with E-state index in [-0.39, 0.29) is 28.7 Å². The Kier molecular flexibility index (Phi) is 5.72. The summed E-state index contributed by atoms with van der Waals surface area (Å²) in [6.07, 6.45) is 0. The van der Waals surface area contributed by atoms with Gasteiger partial charge in [0.15, 0.2) is 0 Å². The van der Waals surface area contributed by atoms with E-state index >= 15 is 0 Å². The Bertz CT molecular complexity index is 336. The summed E-state index contributed by atoms with van der Waals surface area (Å²) in [6, 6.07) is 2.07. The summed E-state index contributed by atoms with van der Waals surface area (Å²) in [7, 11) is 1.41. The second-order valence-electron chi connectivity index (χ2n) is 2.77. The number of phenols is 1. The molecule has 1 rings (SSSR count). The van der Waals surface area contributed by atoms with E-state index in [0.29, 0.717) is 5.75 Å². The molecule has 0 bridgehead atoms. The van der Waals surface area contributed by atoms with Gasteiger partial charge in [0, 0.05) is 0 Å². The van der Waals surface area contributed by atoms with Crippen LogP contribution in [0.4, 0.5) is 4.39 Å². The van der Waals surface area contributed by atoms with Crippen LogP contribution < -0.4 is 10.5 Å². The first-order valence-corrected chi connectivity index (χ1v) is 4.36. The van der Waals surface area contributed by atoms with Crippen molar-refractivity contribution < 1.29 is 14.2 Å². The predicted molar refractivity (Wildman–Crippen MR) is 59.8 cm³/mol. The van der Waals surface area contributed by atoms with Crippen LogP contribution in [0.5, 0.6) is 11.5 Å². The molecule has 0 radical (unpaired) electrons. The van der Waals surface area contributed by atoms with Crippen LogP contribution in [0.2, 0.25) is 5.02 Å². The van der Waals surface area contributed by atoms with Gasteiger partial charge in [-0.3, -0.25) is 0 Å². The number of ether oxygens (including phenoxy) is 1. The molecular formula is C9H12Cl2FNO2. The molecule has 0 aliphatic carbocycles. The molecule has 0 fully saturated rings. The lowest BCUT2D eigenvalue weighted by Crippen LogP contribution is -2.13. The zero-order valence-corrected chi connectivity index (χ0v) is 9.61. The lowest BCUT2D eigenvalue weighted by atomic mass is 10.1. The molecule has 1 aromatic carbocycles. The fraction of sp³-hybridized carbons (Fsp3) is 0.333. The molecule has 3 nitrogen and oxygen atoms in total. The maximum atomic E-state index is 12.4. The first kappa shape index (κ1) is 14.3. The number of benzene rings is 1. The van der Waals surface area contributed by atoms with Crippen molar-refractivity contribution in [3.05, 3.63) is 22.7 Å². The van der Waals surface area contributed by atoms with Gasteiger partial charge in [-0.15, -0.1) is 12.4 Å². The van der Waals surface area contributed by atoms with E-state index in [1.54, 1.807) is 0 Å². The van der Waals surface area contributed by atoms with Crippen LogP contribution in [0.3, 0.4) is 0 Å². The first-order chi connectivity index (χ1) is 6.61. The second kappa shape index (κ2) is 6.00. The molecule has 3 N–H and O–H groups in total. The fourth-order valence-electron chi connectivity index (χ4n) is 1.18. The Morgan fingerprint density at radius 1 is 1.60 bits per heavy atom. The molecule has 0 spiro atoms. The molecule has 0 saturated heterocycles. The average Bonchev–Trinajstić information content (AvgIpc) is 2.20. The number of hydrogen-bond donors (Lipinski definition) is 2. The summed E-state index contributed by atoms with van der Waals surface area (Å²) in [5.41, 5.74) is 5.66. The number of alkyl halides is 1. The van der Waals surface area contributed by atoms with Crippen molar-refractivity contribution in [3.8, 4) is 11.5 Å². The standard InChI is InChI=1S/C9H11ClFNO2.ClH/c1-14-7-3-2-5(10)9(13)8(7)6(12)4-11;/h2-3,6,13H,4,12H2,1H3;1H/t6-;/m0./s1. The van der Waals surface area contributed by atoms with Crippen molar-refractivity contribution in [1.82, 2.24) is 0 Å². The Balaban J connectivity index is 0.00000196. The van der Waals surface area contributed by atoms with Crippen molar-refractivity contribution >= 4 is 24.0 Å². The zero-order valence-electron chi connectivity index (χ0n) is 8.04. The van der Waals surface area contributed by atoms with Crippen molar-refractivity contribution in [2.24, 2.45) is 5.73 Å². The van der Waals surface area contributed by atoms with Crippen LogP contribution in [0.15, 0.2) is 12.1 Å². The minimum absolute atomic E-state index is 0. The van der Waals surface area contributed by atoms with Gasteiger partial charge < -0.3 is 15.6 Å². The van der Waals surface area contributed by atoms with E-state index < -0.39 is 12.7 Å². The van der Waals surface area contributed by atoms with Crippen LogP contribution in [-0.2, 0) is 0 Å². The van der Waals surface area contributed by atoms with Crippen molar-refractivity contribution in [2.45, 2.75) is 6.04 Å². The molecular weight excluding hydrogens is 244 g/mol.